The summed E-state index contributed by atoms with van der Waals surface area (Å²) < 4.78 is 6.88. The minimum absolute atomic E-state index is 0.0739. The van der Waals surface area contributed by atoms with Gasteiger partial charge in [0, 0.05) is 0 Å². The van der Waals surface area contributed by atoms with E-state index in [0.29, 0.717) is 31.8 Å². The molecule has 3 rings (SSSR count). The van der Waals surface area contributed by atoms with E-state index in [4.69, 9.17) is 4.74 Å². The van der Waals surface area contributed by atoms with E-state index in [1.165, 1.54) is 11.3 Å². The standard InChI is InChI=1S/C14H9BrN2O3S/c15-9-3-1-2-8(6-18)12(9)20-7-11-16-10-4-5-21-13(10)14(19)17-11/h1-6H,7H2,(H,16,17,19). The number of rotatable bonds is 4. The Hall–Kier alpha value is -1.99. The maximum Gasteiger partial charge on any atom is 0.268 e. The quantitative estimate of drug-likeness (QED) is 0.721. The monoisotopic (exact) mass is 364 g/mol. The van der Waals surface area contributed by atoms with Crippen LogP contribution in [0, 0.1) is 0 Å². The van der Waals surface area contributed by atoms with Crippen LogP contribution in [-0.4, -0.2) is 16.3 Å². The van der Waals surface area contributed by atoms with Gasteiger partial charge in [0.05, 0.1) is 15.6 Å². The van der Waals surface area contributed by atoms with Crippen LogP contribution in [0.25, 0.3) is 10.2 Å². The highest BCUT2D eigenvalue weighted by Gasteiger charge is 2.10. The molecule has 0 spiro atoms. The number of nitrogens with one attached hydrogen (secondary N) is 1. The number of aromatic nitrogens is 2. The first-order valence-electron chi connectivity index (χ1n) is 6.02. The average molecular weight is 365 g/mol. The molecule has 0 saturated heterocycles. The molecule has 0 fully saturated rings. The van der Waals surface area contributed by atoms with Crippen LogP contribution in [0.2, 0.25) is 0 Å². The van der Waals surface area contributed by atoms with Crippen molar-refractivity contribution in [3.05, 3.63) is 55.9 Å². The molecule has 0 unspecified atom stereocenters. The first kappa shape index (κ1) is 14.0. The van der Waals surface area contributed by atoms with Crippen LogP contribution in [0.3, 0.4) is 0 Å². The molecule has 1 N–H and O–H groups in total. The number of nitrogens with zero attached hydrogens (tertiary/aromatic N) is 1. The Kier molecular flexibility index (Phi) is 3.85. The topological polar surface area (TPSA) is 72.0 Å². The Morgan fingerprint density at radius 3 is 3.05 bits per heavy atom. The third-order valence-corrected chi connectivity index (χ3v) is 4.37. The number of aldehydes is 1. The largest absolute Gasteiger partial charge is 0.484 e. The molecule has 5 nitrogen and oxygen atoms in total. The first-order chi connectivity index (χ1) is 10.2. The zero-order chi connectivity index (χ0) is 14.8. The van der Waals surface area contributed by atoms with E-state index >= 15 is 0 Å². The van der Waals surface area contributed by atoms with Gasteiger partial charge >= 0.3 is 0 Å². The van der Waals surface area contributed by atoms with Crippen molar-refractivity contribution in [2.24, 2.45) is 0 Å². The van der Waals surface area contributed by atoms with Gasteiger partial charge in [0.1, 0.15) is 22.9 Å². The predicted octanol–water partition coefficient (Wildman–Crippen LogP) is 3.14. The fourth-order valence-corrected chi connectivity index (χ4v) is 3.12. The zero-order valence-electron chi connectivity index (χ0n) is 10.6. The number of thiophene rings is 1. The van der Waals surface area contributed by atoms with Gasteiger partial charge in [-0.05, 0) is 39.5 Å². The fourth-order valence-electron chi connectivity index (χ4n) is 1.90. The van der Waals surface area contributed by atoms with E-state index in [9.17, 15) is 9.59 Å². The number of para-hydroxylation sites is 1. The summed E-state index contributed by atoms with van der Waals surface area (Å²) >= 11 is 4.68. The summed E-state index contributed by atoms with van der Waals surface area (Å²) in [5.41, 5.74) is 0.893. The van der Waals surface area contributed by atoms with Crippen molar-refractivity contribution in [2.45, 2.75) is 6.61 Å². The van der Waals surface area contributed by atoms with Crippen LogP contribution in [0.4, 0.5) is 0 Å². The second kappa shape index (κ2) is 5.79. The minimum Gasteiger partial charge on any atom is -0.484 e. The smallest absolute Gasteiger partial charge is 0.268 e. The summed E-state index contributed by atoms with van der Waals surface area (Å²) in [4.78, 5) is 29.9. The molecule has 0 aliphatic heterocycles. The molecule has 7 heteroatoms. The lowest BCUT2D eigenvalue weighted by Gasteiger charge is -2.09. The van der Waals surface area contributed by atoms with E-state index in [-0.39, 0.29) is 12.2 Å². The highest BCUT2D eigenvalue weighted by Crippen LogP contribution is 2.28. The van der Waals surface area contributed by atoms with Gasteiger partial charge in [0.2, 0.25) is 0 Å². The van der Waals surface area contributed by atoms with E-state index in [1.54, 1.807) is 24.3 Å². The minimum atomic E-state index is -0.184. The maximum atomic E-state index is 11.9. The number of halogens is 1. The lowest BCUT2D eigenvalue weighted by atomic mass is 10.2. The van der Waals surface area contributed by atoms with E-state index in [2.05, 4.69) is 25.9 Å². The molecule has 2 aromatic heterocycles. The lowest BCUT2D eigenvalue weighted by molar-refractivity contribution is 0.111. The Bertz CT molecular complexity index is 872. The Morgan fingerprint density at radius 1 is 1.38 bits per heavy atom. The SMILES string of the molecule is O=Cc1cccc(Br)c1OCc1nc2ccsc2c(=O)[nH]1. The predicted molar refractivity (Wildman–Crippen MR) is 84.1 cm³/mol. The molecule has 2 heterocycles. The van der Waals surface area contributed by atoms with Gasteiger partial charge in [-0.25, -0.2) is 4.98 Å². The van der Waals surface area contributed by atoms with Crippen molar-refractivity contribution in [3.8, 4) is 5.75 Å². The summed E-state index contributed by atoms with van der Waals surface area (Å²) in [6.45, 7) is 0.0739. The van der Waals surface area contributed by atoms with Gasteiger partial charge in [0.15, 0.2) is 6.29 Å². The molecule has 0 radical (unpaired) electrons. The Labute approximate surface area is 131 Å². The van der Waals surface area contributed by atoms with Gasteiger partial charge in [0.25, 0.3) is 5.56 Å². The number of fused-ring (bicyclic) bond motifs is 1. The third kappa shape index (κ3) is 2.74. The van der Waals surface area contributed by atoms with Crippen LogP contribution in [-0.2, 0) is 6.61 Å². The molecule has 106 valence electrons. The highest BCUT2D eigenvalue weighted by atomic mass is 79.9. The van der Waals surface area contributed by atoms with Crippen LogP contribution in [0.15, 0.2) is 38.9 Å². The van der Waals surface area contributed by atoms with Crippen molar-refractivity contribution in [1.82, 2.24) is 9.97 Å². The molecule has 3 aromatic rings. The van der Waals surface area contributed by atoms with Crippen molar-refractivity contribution in [3.63, 3.8) is 0 Å². The fraction of sp³-hybridized carbons (Fsp3) is 0.0714. The zero-order valence-corrected chi connectivity index (χ0v) is 13.0. The van der Waals surface area contributed by atoms with Gasteiger partial charge in [-0.15, -0.1) is 11.3 Å². The molecule has 21 heavy (non-hydrogen) atoms. The number of H-pyrrole nitrogens is 1. The van der Waals surface area contributed by atoms with Crippen LogP contribution < -0.4 is 10.3 Å². The molecule has 0 saturated carbocycles. The highest BCUT2D eigenvalue weighted by molar-refractivity contribution is 9.10. The summed E-state index contributed by atoms with van der Waals surface area (Å²) in [6, 6.07) is 6.97. The molecule has 1 aromatic carbocycles. The van der Waals surface area contributed by atoms with Gasteiger partial charge in [-0.2, -0.15) is 0 Å². The number of aromatic amines is 1. The number of hydrogen-bond acceptors (Lipinski definition) is 5. The van der Waals surface area contributed by atoms with E-state index in [0.717, 1.165) is 6.29 Å². The van der Waals surface area contributed by atoms with Crippen molar-refractivity contribution in [1.29, 1.82) is 0 Å². The number of ether oxygens (including phenoxy) is 1. The molecule has 0 aliphatic carbocycles. The summed E-state index contributed by atoms with van der Waals surface area (Å²) in [5.74, 6) is 0.846. The van der Waals surface area contributed by atoms with Crippen LogP contribution in [0.5, 0.6) is 5.75 Å². The number of carbonyl (C=O) groups is 1. The first-order valence-corrected chi connectivity index (χ1v) is 7.69. The van der Waals surface area contributed by atoms with Gasteiger partial charge in [-0.3, -0.25) is 9.59 Å². The molecular formula is C14H9BrN2O3S. The number of carbonyl (C=O) groups excluding carboxylic acids is 1. The van der Waals surface area contributed by atoms with E-state index in [1.807, 2.05) is 5.38 Å². The average Bonchev–Trinajstić information content (AvgIpc) is 2.94. The number of benzene rings is 1. The Morgan fingerprint density at radius 2 is 2.24 bits per heavy atom. The van der Waals surface area contributed by atoms with Crippen molar-refractivity contribution >= 4 is 43.8 Å². The van der Waals surface area contributed by atoms with Crippen LogP contribution in [0.1, 0.15) is 16.2 Å². The lowest BCUT2D eigenvalue weighted by Crippen LogP contribution is -2.12. The third-order valence-electron chi connectivity index (χ3n) is 2.84. The molecule has 0 atom stereocenters. The summed E-state index contributed by atoms with van der Waals surface area (Å²) in [5, 5.41) is 1.82. The summed E-state index contributed by atoms with van der Waals surface area (Å²) in [6.07, 6.45) is 0.721. The van der Waals surface area contributed by atoms with Crippen LogP contribution >= 0.6 is 27.3 Å². The second-order valence-electron chi connectivity index (χ2n) is 4.21. The second-order valence-corrected chi connectivity index (χ2v) is 5.98. The normalized spacial score (nSPS) is 10.7. The summed E-state index contributed by atoms with van der Waals surface area (Å²) in [7, 11) is 0. The molecule has 0 amide bonds. The Balaban J connectivity index is 1.90. The molecule has 0 aliphatic rings. The number of hydrogen-bond donors (Lipinski definition) is 1. The van der Waals surface area contributed by atoms with Gasteiger partial charge < -0.3 is 9.72 Å². The van der Waals surface area contributed by atoms with Crippen molar-refractivity contribution < 1.29 is 9.53 Å². The van der Waals surface area contributed by atoms with Gasteiger partial charge in [-0.1, -0.05) is 6.07 Å². The molecule has 0 bridgehead atoms. The molecular weight excluding hydrogens is 356 g/mol. The maximum absolute atomic E-state index is 11.9. The van der Waals surface area contributed by atoms with Crippen molar-refractivity contribution in [2.75, 3.05) is 0 Å². The van der Waals surface area contributed by atoms with E-state index < -0.39 is 0 Å².